The Kier molecular flexibility index (Phi) is 5.90. The number of carbonyl (C=O) groups excluding carboxylic acids is 2. The number of aliphatic hydroxyl groups is 2. The summed E-state index contributed by atoms with van der Waals surface area (Å²) in [6.45, 7) is -0.127. The van der Waals surface area contributed by atoms with E-state index in [-0.39, 0.29) is 24.7 Å². The first kappa shape index (κ1) is 16.7. The second kappa shape index (κ2) is 8.11. The van der Waals surface area contributed by atoms with Gasteiger partial charge in [-0.2, -0.15) is 0 Å². The molecule has 0 aliphatic carbocycles. The van der Waals surface area contributed by atoms with Crippen LogP contribution in [0.5, 0.6) is 0 Å². The molecule has 0 spiro atoms. The van der Waals surface area contributed by atoms with E-state index in [2.05, 4.69) is 5.32 Å². The van der Waals surface area contributed by atoms with Crippen LogP contribution in [0.2, 0.25) is 0 Å². The first-order valence-corrected chi connectivity index (χ1v) is 6.95. The maximum absolute atomic E-state index is 11.5. The van der Waals surface area contributed by atoms with Crippen LogP contribution in [0, 0.1) is 0 Å². The minimum Gasteiger partial charge on any atom is -0.455 e. The number of aldehydes is 1. The zero-order valence-corrected chi connectivity index (χ0v) is 12.2. The van der Waals surface area contributed by atoms with Gasteiger partial charge in [-0.25, -0.2) is 4.79 Å². The van der Waals surface area contributed by atoms with Gasteiger partial charge in [0.05, 0.1) is 0 Å². The highest BCUT2D eigenvalue weighted by atomic mass is 16.5. The fraction of sp³-hybridized carbons (Fsp3) is 0.250. The van der Waals surface area contributed by atoms with Gasteiger partial charge < -0.3 is 24.7 Å². The van der Waals surface area contributed by atoms with Crippen molar-refractivity contribution < 1.29 is 29.0 Å². The van der Waals surface area contributed by atoms with Gasteiger partial charge in [-0.1, -0.05) is 30.3 Å². The molecular formula is C16H17NO6. The van der Waals surface area contributed by atoms with Gasteiger partial charge in [0.15, 0.2) is 12.0 Å². The predicted octanol–water partition coefficient (Wildman–Crippen LogP) is 1.41. The molecule has 0 aliphatic rings. The van der Waals surface area contributed by atoms with Crippen LogP contribution in [-0.4, -0.2) is 35.2 Å². The highest BCUT2D eigenvalue weighted by Crippen LogP contribution is 2.18. The molecule has 0 radical (unpaired) electrons. The van der Waals surface area contributed by atoms with Crippen molar-refractivity contribution in [1.82, 2.24) is 5.32 Å². The van der Waals surface area contributed by atoms with Gasteiger partial charge in [0.2, 0.25) is 0 Å². The summed E-state index contributed by atoms with van der Waals surface area (Å²) in [6, 6.07) is 11.9. The van der Waals surface area contributed by atoms with Crippen molar-refractivity contribution >= 4 is 12.4 Å². The number of aliphatic hydroxyl groups excluding tert-OH is 2. The van der Waals surface area contributed by atoms with Gasteiger partial charge in [-0.05, 0) is 17.7 Å². The molecule has 2 aromatic rings. The van der Waals surface area contributed by atoms with Crippen molar-refractivity contribution in [3.63, 3.8) is 0 Å². The summed E-state index contributed by atoms with van der Waals surface area (Å²) in [4.78, 5) is 22.0. The SMILES string of the molecule is O=Cc1ccc(C(O)C(O)CNC(=O)OCc2ccccc2)o1. The number of hydrogen-bond donors (Lipinski definition) is 3. The Morgan fingerprint density at radius 2 is 1.96 bits per heavy atom. The first-order valence-electron chi connectivity index (χ1n) is 6.95. The molecule has 122 valence electrons. The summed E-state index contributed by atoms with van der Waals surface area (Å²) in [7, 11) is 0. The Balaban J connectivity index is 1.75. The molecule has 7 heteroatoms. The molecule has 1 amide bonds. The number of rotatable bonds is 7. The molecule has 2 unspecified atom stereocenters. The molecule has 23 heavy (non-hydrogen) atoms. The third-order valence-corrected chi connectivity index (χ3v) is 3.09. The second-order valence-electron chi connectivity index (χ2n) is 4.81. The van der Waals surface area contributed by atoms with E-state index in [1.54, 1.807) is 0 Å². The summed E-state index contributed by atoms with van der Waals surface area (Å²) in [5.74, 6) is 0.0838. The van der Waals surface area contributed by atoms with Crippen molar-refractivity contribution in [1.29, 1.82) is 0 Å². The van der Waals surface area contributed by atoms with Crippen LogP contribution in [0.15, 0.2) is 46.9 Å². The van der Waals surface area contributed by atoms with E-state index >= 15 is 0 Å². The van der Waals surface area contributed by atoms with Crippen LogP contribution in [0.25, 0.3) is 0 Å². The molecule has 1 aromatic heterocycles. The molecule has 0 saturated heterocycles. The van der Waals surface area contributed by atoms with E-state index < -0.39 is 18.3 Å². The van der Waals surface area contributed by atoms with E-state index in [0.29, 0.717) is 6.29 Å². The number of alkyl carbamates (subject to hydrolysis) is 1. The van der Waals surface area contributed by atoms with Crippen LogP contribution >= 0.6 is 0 Å². The number of benzene rings is 1. The monoisotopic (exact) mass is 319 g/mol. The Morgan fingerprint density at radius 3 is 2.61 bits per heavy atom. The molecular weight excluding hydrogens is 302 g/mol. The lowest BCUT2D eigenvalue weighted by Gasteiger charge is -2.16. The normalized spacial score (nSPS) is 13.1. The summed E-state index contributed by atoms with van der Waals surface area (Å²) in [5.41, 5.74) is 0.834. The first-order chi connectivity index (χ1) is 11.1. The molecule has 1 heterocycles. The Morgan fingerprint density at radius 1 is 1.22 bits per heavy atom. The molecule has 0 bridgehead atoms. The maximum atomic E-state index is 11.5. The smallest absolute Gasteiger partial charge is 0.407 e. The number of nitrogens with one attached hydrogen (secondary N) is 1. The van der Waals surface area contributed by atoms with E-state index in [9.17, 15) is 19.8 Å². The van der Waals surface area contributed by atoms with Gasteiger partial charge in [0.1, 0.15) is 24.6 Å². The fourth-order valence-electron chi connectivity index (χ4n) is 1.85. The highest BCUT2D eigenvalue weighted by molar-refractivity contribution is 5.70. The molecule has 0 fully saturated rings. The zero-order valence-electron chi connectivity index (χ0n) is 12.2. The summed E-state index contributed by atoms with van der Waals surface area (Å²) in [5, 5.41) is 22.0. The van der Waals surface area contributed by atoms with E-state index in [0.717, 1.165) is 5.56 Å². The standard InChI is InChI=1S/C16H17NO6/c18-9-12-6-7-14(23-12)15(20)13(19)8-17-16(21)22-10-11-4-2-1-3-5-11/h1-7,9,13,15,19-20H,8,10H2,(H,17,21). The Bertz CT molecular complexity index is 639. The molecule has 7 nitrogen and oxygen atoms in total. The summed E-state index contributed by atoms with van der Waals surface area (Å²) < 4.78 is 9.98. The lowest BCUT2D eigenvalue weighted by molar-refractivity contribution is 0.00563. The minimum absolute atomic E-state index is 0.0408. The number of furan rings is 1. The van der Waals surface area contributed by atoms with Crippen molar-refractivity contribution in [3.8, 4) is 0 Å². The fourth-order valence-corrected chi connectivity index (χ4v) is 1.85. The van der Waals surface area contributed by atoms with Crippen molar-refractivity contribution in [3.05, 3.63) is 59.5 Å². The van der Waals surface area contributed by atoms with Crippen molar-refractivity contribution in [2.75, 3.05) is 6.54 Å². The predicted molar refractivity (Wildman–Crippen MR) is 79.7 cm³/mol. The van der Waals surface area contributed by atoms with Crippen molar-refractivity contribution in [2.45, 2.75) is 18.8 Å². The van der Waals surface area contributed by atoms with E-state index in [4.69, 9.17) is 9.15 Å². The quantitative estimate of drug-likeness (QED) is 0.666. The molecule has 2 atom stereocenters. The molecule has 1 aromatic carbocycles. The number of carbonyl (C=O) groups is 2. The van der Waals surface area contributed by atoms with Crippen LogP contribution < -0.4 is 5.32 Å². The second-order valence-corrected chi connectivity index (χ2v) is 4.81. The largest absolute Gasteiger partial charge is 0.455 e. The number of hydrogen-bond acceptors (Lipinski definition) is 6. The summed E-state index contributed by atoms with van der Waals surface area (Å²) >= 11 is 0. The average molecular weight is 319 g/mol. The number of ether oxygens (including phenoxy) is 1. The third kappa shape index (κ3) is 4.94. The van der Waals surface area contributed by atoms with Gasteiger partial charge in [-0.15, -0.1) is 0 Å². The van der Waals surface area contributed by atoms with E-state index in [1.807, 2.05) is 30.3 Å². The highest BCUT2D eigenvalue weighted by Gasteiger charge is 2.22. The van der Waals surface area contributed by atoms with Crippen LogP contribution in [0.4, 0.5) is 4.79 Å². The molecule has 3 N–H and O–H groups in total. The summed E-state index contributed by atoms with van der Waals surface area (Å²) in [6.07, 6.45) is -2.89. The topological polar surface area (TPSA) is 109 Å². The van der Waals surface area contributed by atoms with Crippen LogP contribution in [0.1, 0.15) is 28.0 Å². The lowest BCUT2D eigenvalue weighted by atomic mass is 10.1. The molecule has 0 aliphatic heterocycles. The van der Waals surface area contributed by atoms with E-state index in [1.165, 1.54) is 12.1 Å². The van der Waals surface area contributed by atoms with Crippen LogP contribution in [-0.2, 0) is 11.3 Å². The van der Waals surface area contributed by atoms with Gasteiger partial charge in [0.25, 0.3) is 0 Å². The maximum Gasteiger partial charge on any atom is 0.407 e. The molecule has 2 rings (SSSR count). The average Bonchev–Trinajstić information content (AvgIpc) is 3.07. The number of amides is 1. The van der Waals surface area contributed by atoms with Gasteiger partial charge in [0, 0.05) is 6.54 Å². The van der Waals surface area contributed by atoms with Crippen molar-refractivity contribution in [2.24, 2.45) is 0 Å². The van der Waals surface area contributed by atoms with Crippen LogP contribution in [0.3, 0.4) is 0 Å². The lowest BCUT2D eigenvalue weighted by Crippen LogP contribution is -2.35. The third-order valence-electron chi connectivity index (χ3n) is 3.09. The Labute approximate surface area is 132 Å². The minimum atomic E-state index is -1.36. The molecule has 0 saturated carbocycles. The van der Waals surface area contributed by atoms with Gasteiger partial charge in [-0.3, -0.25) is 4.79 Å². The van der Waals surface area contributed by atoms with Gasteiger partial charge >= 0.3 is 6.09 Å². The zero-order chi connectivity index (χ0) is 16.7. The Hall–Kier alpha value is -2.64.